The maximum absolute atomic E-state index is 13.9. The summed E-state index contributed by atoms with van der Waals surface area (Å²) >= 11 is 0. The molecule has 0 unspecified atom stereocenters. The molecule has 3 rings (SSSR count). The third kappa shape index (κ3) is 2.23. The monoisotopic (exact) mass is 297 g/mol. The zero-order valence-corrected chi connectivity index (χ0v) is 12.0. The standard InChI is InChI=1S/C17H13F2N3/c1-2-4-12-7-11-5-3-6-21-17(11)22(12)13-8-15(18)14(10-20)16(19)9-13/h3,5-9H,2,4H2,1H3. The van der Waals surface area contributed by atoms with Crippen LogP contribution < -0.4 is 0 Å². The number of halogens is 2. The van der Waals surface area contributed by atoms with E-state index in [0.717, 1.165) is 23.9 Å². The highest BCUT2D eigenvalue weighted by atomic mass is 19.1. The fourth-order valence-corrected chi connectivity index (χ4v) is 2.61. The van der Waals surface area contributed by atoms with Crippen LogP contribution in [0.25, 0.3) is 16.7 Å². The Morgan fingerprint density at radius 3 is 2.59 bits per heavy atom. The van der Waals surface area contributed by atoms with E-state index in [1.807, 2.05) is 25.1 Å². The van der Waals surface area contributed by atoms with Crippen molar-refractivity contribution in [1.82, 2.24) is 9.55 Å². The van der Waals surface area contributed by atoms with Gasteiger partial charge in [-0.2, -0.15) is 5.26 Å². The Morgan fingerprint density at radius 2 is 1.95 bits per heavy atom. The second kappa shape index (κ2) is 5.57. The van der Waals surface area contributed by atoms with Crippen LogP contribution >= 0.6 is 0 Å². The molecule has 110 valence electrons. The van der Waals surface area contributed by atoms with Gasteiger partial charge >= 0.3 is 0 Å². The van der Waals surface area contributed by atoms with E-state index in [4.69, 9.17) is 5.26 Å². The van der Waals surface area contributed by atoms with Crippen molar-refractivity contribution in [3.63, 3.8) is 0 Å². The van der Waals surface area contributed by atoms with Gasteiger partial charge in [0, 0.05) is 17.3 Å². The second-order valence-corrected chi connectivity index (χ2v) is 5.03. The van der Waals surface area contributed by atoms with Crippen LogP contribution in [-0.4, -0.2) is 9.55 Å². The summed E-state index contributed by atoms with van der Waals surface area (Å²) in [4.78, 5) is 4.32. The largest absolute Gasteiger partial charge is 0.298 e. The summed E-state index contributed by atoms with van der Waals surface area (Å²) in [7, 11) is 0. The predicted molar refractivity (Wildman–Crippen MR) is 79.7 cm³/mol. The Bertz CT molecular complexity index is 868. The van der Waals surface area contributed by atoms with Crippen molar-refractivity contribution < 1.29 is 8.78 Å². The number of benzene rings is 1. The fraction of sp³-hybridized carbons (Fsp3) is 0.176. The third-order valence-electron chi connectivity index (χ3n) is 3.54. The molecule has 0 amide bonds. The van der Waals surface area contributed by atoms with Crippen LogP contribution in [0.15, 0.2) is 36.5 Å². The molecule has 0 radical (unpaired) electrons. The summed E-state index contributed by atoms with van der Waals surface area (Å²) in [6.07, 6.45) is 3.31. The normalized spacial score (nSPS) is 10.8. The molecule has 0 N–H and O–H groups in total. The van der Waals surface area contributed by atoms with Gasteiger partial charge in [-0.25, -0.2) is 13.8 Å². The molecule has 0 bridgehead atoms. The highest BCUT2D eigenvalue weighted by Crippen LogP contribution is 2.26. The van der Waals surface area contributed by atoms with E-state index in [1.165, 1.54) is 18.2 Å². The minimum Gasteiger partial charge on any atom is -0.298 e. The molecule has 0 spiro atoms. The van der Waals surface area contributed by atoms with Gasteiger partial charge in [0.05, 0.1) is 5.69 Å². The smallest absolute Gasteiger partial charge is 0.146 e. The number of nitrogens with zero attached hydrogens (tertiary/aromatic N) is 3. The molecule has 1 aromatic carbocycles. The molecule has 3 aromatic rings. The summed E-state index contributed by atoms with van der Waals surface area (Å²) in [5, 5.41) is 9.70. The van der Waals surface area contributed by atoms with E-state index in [-0.39, 0.29) is 0 Å². The van der Waals surface area contributed by atoms with Crippen LogP contribution in [0.4, 0.5) is 8.78 Å². The highest BCUT2D eigenvalue weighted by molar-refractivity contribution is 5.79. The highest BCUT2D eigenvalue weighted by Gasteiger charge is 2.16. The molecule has 22 heavy (non-hydrogen) atoms. The summed E-state index contributed by atoms with van der Waals surface area (Å²) in [5.41, 5.74) is 1.35. The number of hydrogen-bond acceptors (Lipinski definition) is 2. The number of hydrogen-bond donors (Lipinski definition) is 0. The Labute approximate surface area is 126 Å². The maximum atomic E-state index is 13.9. The van der Waals surface area contributed by atoms with Crippen LogP contribution in [0.1, 0.15) is 24.6 Å². The topological polar surface area (TPSA) is 41.6 Å². The molecule has 0 saturated heterocycles. The first kappa shape index (κ1) is 14.2. The number of rotatable bonds is 3. The molecule has 0 fully saturated rings. The van der Waals surface area contributed by atoms with Gasteiger partial charge in [0.1, 0.15) is 28.9 Å². The SMILES string of the molecule is CCCc1cc2cccnc2n1-c1cc(F)c(C#N)c(F)c1. The first-order valence-corrected chi connectivity index (χ1v) is 7.00. The lowest BCUT2D eigenvalue weighted by molar-refractivity contribution is 0.575. The van der Waals surface area contributed by atoms with Crippen molar-refractivity contribution in [3.05, 3.63) is 59.4 Å². The van der Waals surface area contributed by atoms with Crippen LogP contribution in [0.5, 0.6) is 0 Å². The molecule has 0 aliphatic heterocycles. The Balaban J connectivity index is 2.30. The molecule has 0 aliphatic rings. The van der Waals surface area contributed by atoms with Gasteiger partial charge < -0.3 is 0 Å². The summed E-state index contributed by atoms with van der Waals surface area (Å²) < 4.78 is 29.6. The molecule has 2 heterocycles. The third-order valence-corrected chi connectivity index (χ3v) is 3.54. The Kier molecular flexibility index (Phi) is 3.60. The minimum atomic E-state index is -0.863. The average Bonchev–Trinajstić information content (AvgIpc) is 2.85. The van der Waals surface area contributed by atoms with E-state index in [2.05, 4.69) is 4.98 Å². The van der Waals surface area contributed by atoms with Crippen LogP contribution in [-0.2, 0) is 6.42 Å². The van der Waals surface area contributed by atoms with Crippen LogP contribution in [0.3, 0.4) is 0 Å². The van der Waals surface area contributed by atoms with Gasteiger partial charge in [-0.05, 0) is 36.8 Å². The number of nitriles is 1. The van der Waals surface area contributed by atoms with E-state index in [0.29, 0.717) is 11.3 Å². The number of pyridine rings is 1. The van der Waals surface area contributed by atoms with Crippen molar-refractivity contribution in [2.24, 2.45) is 0 Å². The van der Waals surface area contributed by atoms with Gasteiger partial charge in [-0.1, -0.05) is 13.3 Å². The summed E-state index contributed by atoms with van der Waals surface area (Å²) in [6, 6.07) is 9.59. The second-order valence-electron chi connectivity index (χ2n) is 5.03. The van der Waals surface area contributed by atoms with E-state index in [9.17, 15) is 8.78 Å². The molecule has 5 heteroatoms. The number of aryl methyl sites for hydroxylation is 1. The van der Waals surface area contributed by atoms with E-state index < -0.39 is 17.2 Å². The Hall–Kier alpha value is -2.74. The molecule has 0 saturated carbocycles. The molecular weight excluding hydrogens is 284 g/mol. The van der Waals surface area contributed by atoms with Crippen molar-refractivity contribution >= 4 is 11.0 Å². The van der Waals surface area contributed by atoms with Gasteiger partial charge in [0.25, 0.3) is 0 Å². The first-order chi connectivity index (χ1) is 10.7. The quantitative estimate of drug-likeness (QED) is 0.729. The Morgan fingerprint density at radius 1 is 1.23 bits per heavy atom. The fourth-order valence-electron chi connectivity index (χ4n) is 2.61. The molecule has 3 nitrogen and oxygen atoms in total. The number of fused-ring (bicyclic) bond motifs is 1. The van der Waals surface area contributed by atoms with Crippen molar-refractivity contribution in [2.75, 3.05) is 0 Å². The van der Waals surface area contributed by atoms with Gasteiger partial charge in [-0.3, -0.25) is 4.57 Å². The van der Waals surface area contributed by atoms with Crippen molar-refractivity contribution in [2.45, 2.75) is 19.8 Å². The number of aromatic nitrogens is 2. The lowest BCUT2D eigenvalue weighted by Crippen LogP contribution is -2.03. The molecular formula is C17H13F2N3. The maximum Gasteiger partial charge on any atom is 0.146 e. The zero-order chi connectivity index (χ0) is 15.7. The van der Waals surface area contributed by atoms with E-state index in [1.54, 1.807) is 10.8 Å². The zero-order valence-electron chi connectivity index (χ0n) is 12.0. The van der Waals surface area contributed by atoms with Gasteiger partial charge in [0.2, 0.25) is 0 Å². The minimum absolute atomic E-state index is 0.339. The predicted octanol–water partition coefficient (Wildman–Crippen LogP) is 4.13. The van der Waals surface area contributed by atoms with Crippen LogP contribution in [0.2, 0.25) is 0 Å². The van der Waals surface area contributed by atoms with E-state index >= 15 is 0 Å². The first-order valence-electron chi connectivity index (χ1n) is 7.00. The molecule has 2 aromatic heterocycles. The van der Waals surface area contributed by atoms with Crippen LogP contribution in [0, 0.1) is 23.0 Å². The lowest BCUT2D eigenvalue weighted by atomic mass is 10.2. The average molecular weight is 297 g/mol. The van der Waals surface area contributed by atoms with Gasteiger partial charge in [0.15, 0.2) is 0 Å². The molecule has 0 aliphatic carbocycles. The summed E-state index contributed by atoms with van der Waals surface area (Å²) in [6.45, 7) is 2.04. The summed E-state index contributed by atoms with van der Waals surface area (Å²) in [5.74, 6) is -1.73. The molecule has 0 atom stereocenters. The van der Waals surface area contributed by atoms with Crippen molar-refractivity contribution in [3.8, 4) is 11.8 Å². The van der Waals surface area contributed by atoms with Gasteiger partial charge in [-0.15, -0.1) is 0 Å². The lowest BCUT2D eigenvalue weighted by Gasteiger charge is -2.11. The van der Waals surface area contributed by atoms with Crippen molar-refractivity contribution in [1.29, 1.82) is 5.26 Å².